The molecule has 6 nitrogen and oxygen atoms in total. The number of likely N-dealkylation sites (tertiary alicyclic amines) is 1. The Morgan fingerprint density at radius 2 is 1.75 bits per heavy atom. The number of hydrogen-bond acceptors (Lipinski definition) is 4. The maximum atomic E-state index is 13.4. The second-order valence-corrected chi connectivity index (χ2v) is 7.88. The summed E-state index contributed by atoms with van der Waals surface area (Å²) in [6, 6.07) is 12.5. The average Bonchev–Trinajstić information content (AvgIpc) is 3.15. The molecule has 0 aromatic heterocycles. The number of hydrogen-bond donors (Lipinski definition) is 2. The number of aliphatic hydroxyl groups is 2. The molecule has 2 aromatic rings. The number of carbonyl (C=O) groups is 2. The summed E-state index contributed by atoms with van der Waals surface area (Å²) in [6.07, 6.45) is -7.11. The van der Waals surface area contributed by atoms with Gasteiger partial charge in [-0.3, -0.25) is 9.59 Å². The molecule has 1 aliphatic rings. The molecule has 0 aliphatic carbocycles. The van der Waals surface area contributed by atoms with Gasteiger partial charge in [-0.05, 0) is 17.2 Å². The van der Waals surface area contributed by atoms with Crippen molar-refractivity contribution in [2.45, 2.75) is 44.3 Å². The van der Waals surface area contributed by atoms with Gasteiger partial charge in [-0.25, -0.2) is 0 Å². The Morgan fingerprint density at radius 3 is 2.38 bits per heavy atom. The van der Waals surface area contributed by atoms with Crippen LogP contribution >= 0.6 is 0 Å². The molecule has 1 unspecified atom stereocenters. The normalized spacial score (nSPS) is 19.6. The van der Waals surface area contributed by atoms with Crippen LogP contribution in [0.5, 0.6) is 0 Å². The van der Waals surface area contributed by atoms with Gasteiger partial charge in [-0.2, -0.15) is 13.2 Å². The van der Waals surface area contributed by atoms with Crippen LogP contribution in [0.25, 0.3) is 0 Å². The Labute approximate surface area is 183 Å². The summed E-state index contributed by atoms with van der Waals surface area (Å²) in [6.45, 7) is 0.918. The number of carbonyl (C=O) groups excluding carboxylic acids is 2. The molecular formula is C23H25F3N2O4. The van der Waals surface area contributed by atoms with Gasteiger partial charge < -0.3 is 20.0 Å². The maximum Gasteiger partial charge on any atom is 0.416 e. The molecule has 0 saturated carbocycles. The molecule has 1 fully saturated rings. The van der Waals surface area contributed by atoms with E-state index in [1.54, 1.807) is 30.3 Å². The fourth-order valence-corrected chi connectivity index (χ4v) is 4.00. The van der Waals surface area contributed by atoms with Crippen LogP contribution in [-0.4, -0.2) is 57.1 Å². The third-order valence-electron chi connectivity index (χ3n) is 5.51. The van der Waals surface area contributed by atoms with E-state index < -0.39 is 42.4 Å². The summed E-state index contributed by atoms with van der Waals surface area (Å²) >= 11 is 0. The number of rotatable bonds is 6. The first-order valence-corrected chi connectivity index (χ1v) is 10.2. The summed E-state index contributed by atoms with van der Waals surface area (Å²) in [5.41, 5.74) is -0.591. The van der Waals surface area contributed by atoms with Gasteiger partial charge in [-0.15, -0.1) is 0 Å². The number of halogens is 3. The largest absolute Gasteiger partial charge is 0.416 e. The van der Waals surface area contributed by atoms with E-state index in [1.165, 1.54) is 34.9 Å². The molecule has 3 atom stereocenters. The van der Waals surface area contributed by atoms with Gasteiger partial charge in [0.25, 0.3) is 0 Å². The number of amides is 2. The molecule has 2 aromatic carbocycles. The monoisotopic (exact) mass is 450 g/mol. The number of β-amino-alcohol motifs (C(OH)–C–C–N with tert-alkyl or cyclic N) is 1. The van der Waals surface area contributed by atoms with E-state index in [1.807, 2.05) is 0 Å². The zero-order valence-electron chi connectivity index (χ0n) is 17.5. The van der Waals surface area contributed by atoms with E-state index in [2.05, 4.69) is 0 Å². The Kier molecular flexibility index (Phi) is 7.20. The second-order valence-electron chi connectivity index (χ2n) is 7.88. The molecule has 0 radical (unpaired) electrons. The predicted octanol–water partition coefficient (Wildman–Crippen LogP) is 2.75. The second kappa shape index (κ2) is 9.70. The minimum atomic E-state index is -4.66. The third kappa shape index (κ3) is 5.46. The zero-order valence-corrected chi connectivity index (χ0v) is 17.5. The lowest BCUT2D eigenvalue weighted by Gasteiger charge is -2.31. The van der Waals surface area contributed by atoms with Crippen molar-refractivity contribution < 1.29 is 33.0 Å². The highest BCUT2D eigenvalue weighted by Crippen LogP contribution is 2.35. The summed E-state index contributed by atoms with van der Waals surface area (Å²) < 4.78 is 40.3. The minimum Gasteiger partial charge on any atom is -0.391 e. The highest BCUT2D eigenvalue weighted by atomic mass is 19.4. The van der Waals surface area contributed by atoms with Crippen molar-refractivity contribution in [2.24, 2.45) is 0 Å². The van der Waals surface area contributed by atoms with E-state index in [0.29, 0.717) is 5.56 Å². The van der Waals surface area contributed by atoms with E-state index in [0.717, 1.165) is 6.07 Å². The molecule has 1 saturated heterocycles. The van der Waals surface area contributed by atoms with Crippen molar-refractivity contribution in [1.29, 1.82) is 0 Å². The number of benzene rings is 2. The van der Waals surface area contributed by atoms with Crippen molar-refractivity contribution in [3.8, 4) is 0 Å². The van der Waals surface area contributed by atoms with Crippen LogP contribution in [0.15, 0.2) is 54.6 Å². The molecule has 0 spiro atoms. The lowest BCUT2D eigenvalue weighted by atomic mass is 10.0. The van der Waals surface area contributed by atoms with Crippen LogP contribution in [0.2, 0.25) is 0 Å². The first-order valence-electron chi connectivity index (χ1n) is 10.2. The van der Waals surface area contributed by atoms with Crippen molar-refractivity contribution >= 4 is 11.8 Å². The van der Waals surface area contributed by atoms with E-state index in [-0.39, 0.29) is 31.0 Å². The van der Waals surface area contributed by atoms with Crippen LogP contribution in [-0.2, 0) is 22.3 Å². The summed E-state index contributed by atoms with van der Waals surface area (Å²) in [5, 5.41) is 20.7. The van der Waals surface area contributed by atoms with Crippen molar-refractivity contribution in [1.82, 2.24) is 9.80 Å². The Balaban J connectivity index is 1.90. The summed E-state index contributed by atoms with van der Waals surface area (Å²) in [4.78, 5) is 27.8. The standard InChI is InChI=1S/C23H25F3N2O4/c1-15(29)28-13-17(30)11-20(28)22(32)27(12-16-7-3-2-4-8-16)14-21(31)18-9-5-6-10-19(18)23(24,25)26/h2-10,17,20-21,30-31H,11-14H2,1H3/t17-,20+,21?/m1/s1. The van der Waals surface area contributed by atoms with Gasteiger partial charge in [0.2, 0.25) is 11.8 Å². The van der Waals surface area contributed by atoms with E-state index in [9.17, 15) is 33.0 Å². The van der Waals surface area contributed by atoms with Crippen LogP contribution < -0.4 is 0 Å². The van der Waals surface area contributed by atoms with Crippen LogP contribution in [0.1, 0.15) is 36.1 Å². The van der Waals surface area contributed by atoms with Crippen LogP contribution in [0, 0.1) is 0 Å². The number of aliphatic hydroxyl groups excluding tert-OH is 2. The molecular weight excluding hydrogens is 425 g/mol. The van der Waals surface area contributed by atoms with Gasteiger partial charge in [0, 0.05) is 26.4 Å². The van der Waals surface area contributed by atoms with Gasteiger partial charge in [-0.1, -0.05) is 48.5 Å². The minimum absolute atomic E-state index is 0.00434. The first-order chi connectivity index (χ1) is 15.1. The highest BCUT2D eigenvalue weighted by Gasteiger charge is 2.41. The van der Waals surface area contributed by atoms with Crippen molar-refractivity contribution in [3.05, 3.63) is 71.3 Å². The molecule has 0 bridgehead atoms. The summed E-state index contributed by atoms with van der Waals surface area (Å²) in [7, 11) is 0. The fourth-order valence-electron chi connectivity index (χ4n) is 4.00. The molecule has 1 aliphatic heterocycles. The molecule has 2 amide bonds. The fraction of sp³-hybridized carbons (Fsp3) is 0.391. The molecule has 2 N–H and O–H groups in total. The SMILES string of the molecule is CC(=O)N1C[C@H](O)C[C@H]1C(=O)N(Cc1ccccc1)CC(O)c1ccccc1C(F)(F)F. The number of alkyl halides is 3. The van der Waals surface area contributed by atoms with Crippen LogP contribution in [0.4, 0.5) is 13.2 Å². The average molecular weight is 450 g/mol. The van der Waals surface area contributed by atoms with Gasteiger partial charge >= 0.3 is 6.18 Å². The zero-order chi connectivity index (χ0) is 23.5. The molecule has 1 heterocycles. The molecule has 3 rings (SSSR count). The topological polar surface area (TPSA) is 81.1 Å². The Morgan fingerprint density at radius 1 is 1.12 bits per heavy atom. The van der Waals surface area contributed by atoms with Crippen molar-refractivity contribution in [2.75, 3.05) is 13.1 Å². The first kappa shape index (κ1) is 23.7. The Hall–Kier alpha value is -2.91. The maximum absolute atomic E-state index is 13.4. The lowest BCUT2D eigenvalue weighted by molar-refractivity contribution is -0.144. The number of nitrogens with zero attached hydrogens (tertiary/aromatic N) is 2. The Bertz CT molecular complexity index is 952. The third-order valence-corrected chi connectivity index (χ3v) is 5.51. The molecule has 172 valence electrons. The molecule has 32 heavy (non-hydrogen) atoms. The highest BCUT2D eigenvalue weighted by molar-refractivity contribution is 5.87. The quantitative estimate of drug-likeness (QED) is 0.709. The lowest BCUT2D eigenvalue weighted by Crippen LogP contribution is -2.48. The van der Waals surface area contributed by atoms with Gasteiger partial charge in [0.05, 0.1) is 24.3 Å². The summed E-state index contributed by atoms with van der Waals surface area (Å²) in [5.74, 6) is -0.924. The molecule has 9 heteroatoms. The van der Waals surface area contributed by atoms with Crippen molar-refractivity contribution in [3.63, 3.8) is 0 Å². The van der Waals surface area contributed by atoms with Crippen LogP contribution in [0.3, 0.4) is 0 Å². The predicted molar refractivity (Wildman–Crippen MR) is 110 cm³/mol. The van der Waals surface area contributed by atoms with Gasteiger partial charge in [0.1, 0.15) is 6.04 Å². The van der Waals surface area contributed by atoms with E-state index >= 15 is 0 Å². The van der Waals surface area contributed by atoms with Gasteiger partial charge in [0.15, 0.2) is 0 Å². The smallest absolute Gasteiger partial charge is 0.391 e. The van der Waals surface area contributed by atoms with E-state index in [4.69, 9.17) is 0 Å².